The van der Waals surface area contributed by atoms with Gasteiger partial charge in [-0.3, -0.25) is 4.79 Å². The van der Waals surface area contributed by atoms with Gasteiger partial charge in [-0.25, -0.2) is 8.78 Å². The number of ketones is 1. The Morgan fingerprint density at radius 3 is 2.11 bits per heavy atom. The molecule has 0 aliphatic heterocycles. The predicted octanol–water partition coefficient (Wildman–Crippen LogP) is 3.75. The predicted molar refractivity (Wildman–Crippen MR) is 67.7 cm³/mol. The first kappa shape index (κ1) is 13.0. The fraction of sp³-hybridized carbons (Fsp3) is 0. The van der Waals surface area contributed by atoms with Crippen LogP contribution >= 0.6 is 0 Å². The van der Waals surface area contributed by atoms with E-state index in [1.165, 1.54) is 0 Å². The first-order chi connectivity index (χ1) is 9.06. The van der Waals surface area contributed by atoms with E-state index in [4.69, 9.17) is 0 Å². The third-order valence-corrected chi connectivity index (χ3v) is 2.48. The smallest absolute Gasteiger partial charge is 0.189 e. The Hall–Kier alpha value is -2.49. The molecule has 0 aliphatic rings. The lowest BCUT2D eigenvalue weighted by molar-refractivity contribution is 0.104. The highest BCUT2D eigenvalue weighted by Crippen LogP contribution is 2.16. The maximum atomic E-state index is 13.0. The van der Waals surface area contributed by atoms with Gasteiger partial charge in [0.15, 0.2) is 5.78 Å². The molecule has 0 amide bonds. The van der Waals surface area contributed by atoms with Crippen LogP contribution in [-0.4, -0.2) is 10.9 Å². The zero-order valence-electron chi connectivity index (χ0n) is 9.81. The molecule has 4 heteroatoms. The number of halogens is 2. The summed E-state index contributed by atoms with van der Waals surface area (Å²) < 4.78 is 26.0. The molecular formula is C15H10F2O2. The number of allylic oxidation sites excluding steroid dienone is 1. The van der Waals surface area contributed by atoms with Crippen molar-refractivity contribution in [1.82, 2.24) is 0 Å². The Kier molecular flexibility index (Phi) is 3.71. The fourth-order valence-corrected chi connectivity index (χ4v) is 1.59. The number of carbonyl (C=O) groups excluding carboxylic acids is 1. The van der Waals surface area contributed by atoms with Crippen LogP contribution in [0.5, 0.6) is 0 Å². The van der Waals surface area contributed by atoms with Crippen molar-refractivity contribution in [2.75, 3.05) is 0 Å². The van der Waals surface area contributed by atoms with Crippen molar-refractivity contribution in [2.24, 2.45) is 0 Å². The molecule has 1 N–H and O–H groups in total. The molecule has 19 heavy (non-hydrogen) atoms. The Labute approximate surface area is 108 Å². The van der Waals surface area contributed by atoms with Crippen LogP contribution in [0, 0.1) is 11.6 Å². The van der Waals surface area contributed by atoms with E-state index in [1.807, 2.05) is 0 Å². The molecule has 0 atom stereocenters. The molecule has 0 aliphatic carbocycles. The van der Waals surface area contributed by atoms with Crippen molar-refractivity contribution in [3.63, 3.8) is 0 Å². The molecule has 0 radical (unpaired) electrons. The van der Waals surface area contributed by atoms with Gasteiger partial charge in [0.1, 0.15) is 17.4 Å². The number of benzene rings is 2. The number of carbonyl (C=O) groups is 1. The molecule has 0 saturated heterocycles. The van der Waals surface area contributed by atoms with Gasteiger partial charge in [0.2, 0.25) is 0 Å². The maximum Gasteiger partial charge on any atom is 0.189 e. The second-order valence-corrected chi connectivity index (χ2v) is 3.92. The van der Waals surface area contributed by atoms with Gasteiger partial charge in [-0.05, 0) is 12.1 Å². The number of aliphatic hydroxyl groups excluding tert-OH is 1. The quantitative estimate of drug-likeness (QED) is 0.518. The first-order valence-corrected chi connectivity index (χ1v) is 5.53. The lowest BCUT2D eigenvalue weighted by Gasteiger charge is -2.01. The maximum absolute atomic E-state index is 13.0. The van der Waals surface area contributed by atoms with Crippen molar-refractivity contribution in [3.05, 3.63) is 77.4 Å². The second-order valence-electron chi connectivity index (χ2n) is 3.92. The summed E-state index contributed by atoms with van der Waals surface area (Å²) in [5, 5.41) is 9.71. The van der Waals surface area contributed by atoms with Crippen LogP contribution in [0.2, 0.25) is 0 Å². The third kappa shape index (κ3) is 3.25. The molecule has 0 fully saturated rings. The normalized spacial score (nSPS) is 11.4. The average Bonchev–Trinajstić information content (AvgIpc) is 2.38. The molecule has 0 bridgehead atoms. The van der Waals surface area contributed by atoms with Crippen molar-refractivity contribution in [2.45, 2.75) is 0 Å². The van der Waals surface area contributed by atoms with Crippen LogP contribution < -0.4 is 0 Å². The number of hydrogen-bond acceptors (Lipinski definition) is 2. The SMILES string of the molecule is O=C(C=C(O)c1cc(F)cc(F)c1)c1ccccc1. The van der Waals surface area contributed by atoms with E-state index in [0.29, 0.717) is 11.6 Å². The fourth-order valence-electron chi connectivity index (χ4n) is 1.59. The summed E-state index contributed by atoms with van der Waals surface area (Å²) >= 11 is 0. The standard InChI is InChI=1S/C15H10F2O2/c16-12-6-11(7-13(17)8-12)15(19)9-14(18)10-4-2-1-3-5-10/h1-9,19H. The van der Waals surface area contributed by atoms with Crippen LogP contribution in [0.4, 0.5) is 8.78 Å². The molecule has 2 aromatic rings. The molecule has 0 aromatic heterocycles. The third-order valence-electron chi connectivity index (χ3n) is 2.48. The van der Waals surface area contributed by atoms with Crippen molar-refractivity contribution < 1.29 is 18.7 Å². The lowest BCUT2D eigenvalue weighted by atomic mass is 10.1. The Balaban J connectivity index is 2.30. The minimum absolute atomic E-state index is 0.0817. The van der Waals surface area contributed by atoms with E-state index in [1.54, 1.807) is 30.3 Å². The summed E-state index contributed by atoms with van der Waals surface area (Å²) in [5.74, 6) is -2.56. The molecule has 0 heterocycles. The molecular weight excluding hydrogens is 250 g/mol. The zero-order chi connectivity index (χ0) is 13.8. The van der Waals surface area contributed by atoms with Gasteiger partial charge in [-0.15, -0.1) is 0 Å². The molecule has 0 saturated carbocycles. The monoisotopic (exact) mass is 260 g/mol. The summed E-state index contributed by atoms with van der Waals surface area (Å²) in [6.07, 6.45) is 0.934. The molecule has 2 nitrogen and oxygen atoms in total. The molecule has 0 unspecified atom stereocenters. The summed E-state index contributed by atoms with van der Waals surface area (Å²) in [6, 6.07) is 10.9. The van der Waals surface area contributed by atoms with Crippen molar-refractivity contribution >= 4 is 11.5 Å². The Morgan fingerprint density at radius 2 is 1.53 bits per heavy atom. The minimum Gasteiger partial charge on any atom is -0.507 e. The highest BCUT2D eigenvalue weighted by atomic mass is 19.1. The topological polar surface area (TPSA) is 37.3 Å². The molecule has 96 valence electrons. The largest absolute Gasteiger partial charge is 0.507 e. The Bertz CT molecular complexity index is 614. The number of rotatable bonds is 3. The van der Waals surface area contributed by atoms with Gasteiger partial charge < -0.3 is 5.11 Å². The molecule has 2 rings (SSSR count). The summed E-state index contributed by atoms with van der Waals surface area (Å²) in [7, 11) is 0. The summed E-state index contributed by atoms with van der Waals surface area (Å²) in [4.78, 5) is 11.8. The van der Waals surface area contributed by atoms with Gasteiger partial charge in [0.05, 0.1) is 0 Å². The minimum atomic E-state index is -0.817. The van der Waals surface area contributed by atoms with E-state index in [9.17, 15) is 18.7 Å². The molecule has 0 spiro atoms. The Morgan fingerprint density at radius 1 is 0.947 bits per heavy atom. The number of aliphatic hydroxyl groups is 1. The van der Waals surface area contributed by atoms with Crippen molar-refractivity contribution in [3.8, 4) is 0 Å². The highest BCUT2D eigenvalue weighted by molar-refractivity contribution is 6.07. The van der Waals surface area contributed by atoms with Gasteiger partial charge in [0.25, 0.3) is 0 Å². The van der Waals surface area contributed by atoms with E-state index < -0.39 is 23.2 Å². The van der Waals surface area contributed by atoms with Gasteiger partial charge >= 0.3 is 0 Å². The van der Waals surface area contributed by atoms with Crippen LogP contribution in [0.15, 0.2) is 54.6 Å². The van der Waals surface area contributed by atoms with Gasteiger partial charge in [-0.2, -0.15) is 0 Å². The van der Waals surface area contributed by atoms with E-state index in [2.05, 4.69) is 0 Å². The molecule has 2 aromatic carbocycles. The van der Waals surface area contributed by atoms with Crippen LogP contribution in [0.25, 0.3) is 5.76 Å². The summed E-state index contributed by atoms with van der Waals surface area (Å²) in [6.45, 7) is 0. The van der Waals surface area contributed by atoms with Gasteiger partial charge in [0, 0.05) is 23.3 Å². The van der Waals surface area contributed by atoms with E-state index in [-0.39, 0.29) is 5.56 Å². The first-order valence-electron chi connectivity index (χ1n) is 5.53. The van der Waals surface area contributed by atoms with Crippen molar-refractivity contribution in [1.29, 1.82) is 0 Å². The lowest BCUT2D eigenvalue weighted by Crippen LogP contribution is -1.96. The number of hydrogen-bond donors (Lipinski definition) is 1. The van der Waals surface area contributed by atoms with Crippen LogP contribution in [0.1, 0.15) is 15.9 Å². The second kappa shape index (κ2) is 5.44. The average molecular weight is 260 g/mol. The zero-order valence-corrected chi connectivity index (χ0v) is 9.81. The summed E-state index contributed by atoms with van der Waals surface area (Å²) in [5.41, 5.74) is 0.299. The van der Waals surface area contributed by atoms with E-state index >= 15 is 0 Å². The van der Waals surface area contributed by atoms with Crippen LogP contribution in [-0.2, 0) is 0 Å². The van der Waals surface area contributed by atoms with E-state index in [0.717, 1.165) is 18.2 Å². The highest BCUT2D eigenvalue weighted by Gasteiger charge is 2.08. The van der Waals surface area contributed by atoms with Gasteiger partial charge in [-0.1, -0.05) is 30.3 Å². The van der Waals surface area contributed by atoms with Crippen LogP contribution in [0.3, 0.4) is 0 Å².